The molecule has 0 atom stereocenters. The second kappa shape index (κ2) is 9.58. The summed E-state index contributed by atoms with van der Waals surface area (Å²) < 4.78 is 12.0. The molecule has 0 spiro atoms. The molecule has 2 aliphatic heterocycles. The molecule has 2 aliphatic rings. The smallest absolute Gasteiger partial charge is 0.325 e. The molecule has 0 N–H and O–H groups in total. The van der Waals surface area contributed by atoms with Crippen molar-refractivity contribution < 1.29 is 28.7 Å². The first-order chi connectivity index (χ1) is 15.5. The summed E-state index contributed by atoms with van der Waals surface area (Å²) in [6.07, 6.45) is 3.39. The Morgan fingerprint density at radius 1 is 1.16 bits per heavy atom. The van der Waals surface area contributed by atoms with Gasteiger partial charge in [0.1, 0.15) is 13.1 Å². The Bertz CT molecular complexity index is 1100. The minimum absolute atomic E-state index is 0.0394. The van der Waals surface area contributed by atoms with Crippen molar-refractivity contribution >= 4 is 51.8 Å². The third-order valence-electron chi connectivity index (χ3n) is 5.24. The van der Waals surface area contributed by atoms with Crippen molar-refractivity contribution in [3.63, 3.8) is 0 Å². The summed E-state index contributed by atoms with van der Waals surface area (Å²) in [7, 11) is 0. The van der Waals surface area contributed by atoms with Gasteiger partial charge in [-0.25, -0.2) is 0 Å². The van der Waals surface area contributed by atoms with Gasteiger partial charge in [0.25, 0.3) is 11.1 Å². The molecule has 0 aliphatic carbocycles. The fraction of sp³-hybridized carbons (Fsp3) is 0.364. The van der Waals surface area contributed by atoms with E-state index in [1.165, 1.54) is 0 Å². The van der Waals surface area contributed by atoms with E-state index >= 15 is 0 Å². The van der Waals surface area contributed by atoms with Crippen molar-refractivity contribution in [1.29, 1.82) is 0 Å². The fourth-order valence-corrected chi connectivity index (χ4v) is 4.52. The van der Waals surface area contributed by atoms with Gasteiger partial charge in [-0.05, 0) is 30.8 Å². The van der Waals surface area contributed by atoms with E-state index in [4.69, 9.17) is 9.47 Å². The van der Waals surface area contributed by atoms with Gasteiger partial charge < -0.3 is 18.9 Å². The number of hydrogen-bond donors (Lipinski definition) is 0. The van der Waals surface area contributed by atoms with Crippen LogP contribution in [-0.2, 0) is 30.4 Å². The highest BCUT2D eigenvalue weighted by atomic mass is 32.2. The highest BCUT2D eigenvalue weighted by molar-refractivity contribution is 8.18. The molecule has 1 aromatic carbocycles. The van der Waals surface area contributed by atoms with Crippen LogP contribution in [0.2, 0.25) is 0 Å². The van der Waals surface area contributed by atoms with Gasteiger partial charge in [0, 0.05) is 35.8 Å². The molecular formula is C22H23N3O6S. The van der Waals surface area contributed by atoms with E-state index in [-0.39, 0.29) is 29.9 Å². The average Bonchev–Trinajstić information content (AvgIpc) is 3.26. The largest absolute Gasteiger partial charge is 0.465 e. The third-order valence-corrected chi connectivity index (χ3v) is 6.15. The van der Waals surface area contributed by atoms with Crippen LogP contribution in [0, 0.1) is 0 Å². The molecule has 0 bridgehead atoms. The number of imide groups is 1. The van der Waals surface area contributed by atoms with Gasteiger partial charge >= 0.3 is 5.97 Å². The van der Waals surface area contributed by atoms with E-state index in [0.717, 1.165) is 27.6 Å². The van der Waals surface area contributed by atoms with Crippen LogP contribution >= 0.6 is 11.8 Å². The number of aromatic nitrogens is 1. The number of nitrogens with zero attached hydrogens (tertiary/aromatic N) is 3. The molecule has 0 unspecified atom stereocenters. The van der Waals surface area contributed by atoms with E-state index in [1.807, 2.05) is 24.3 Å². The monoisotopic (exact) mass is 457 g/mol. The minimum Gasteiger partial charge on any atom is -0.465 e. The van der Waals surface area contributed by atoms with Gasteiger partial charge in [0.2, 0.25) is 5.91 Å². The molecule has 4 rings (SSSR count). The van der Waals surface area contributed by atoms with Crippen LogP contribution in [0.5, 0.6) is 0 Å². The number of thioether (sulfide) groups is 1. The lowest BCUT2D eigenvalue weighted by molar-refractivity contribution is -0.143. The summed E-state index contributed by atoms with van der Waals surface area (Å²) >= 11 is 0.807. The first-order valence-electron chi connectivity index (χ1n) is 10.3. The Morgan fingerprint density at radius 2 is 1.91 bits per heavy atom. The van der Waals surface area contributed by atoms with Crippen molar-refractivity contribution in [2.45, 2.75) is 13.5 Å². The Balaban J connectivity index is 1.56. The molecule has 9 nitrogen and oxygen atoms in total. The molecular weight excluding hydrogens is 434 g/mol. The molecule has 2 fully saturated rings. The van der Waals surface area contributed by atoms with Crippen LogP contribution in [0.15, 0.2) is 35.4 Å². The number of fused-ring (bicyclic) bond motifs is 1. The summed E-state index contributed by atoms with van der Waals surface area (Å²) in [6, 6.07) is 7.48. The summed E-state index contributed by atoms with van der Waals surface area (Å²) in [6.45, 7) is 3.59. The predicted molar refractivity (Wildman–Crippen MR) is 119 cm³/mol. The molecule has 10 heteroatoms. The Labute approximate surface area is 188 Å². The molecule has 2 aromatic rings. The maximum absolute atomic E-state index is 12.9. The number of hydrogen-bond acceptors (Lipinski definition) is 7. The summed E-state index contributed by atoms with van der Waals surface area (Å²) in [5.41, 5.74) is 1.52. The molecule has 2 saturated heterocycles. The lowest BCUT2D eigenvalue weighted by atomic mass is 10.1. The van der Waals surface area contributed by atoms with E-state index in [9.17, 15) is 19.2 Å². The third kappa shape index (κ3) is 4.56. The molecule has 32 heavy (non-hydrogen) atoms. The van der Waals surface area contributed by atoms with Crippen molar-refractivity contribution in [2.24, 2.45) is 0 Å². The topological polar surface area (TPSA) is 98.2 Å². The molecule has 3 heterocycles. The first-order valence-corrected chi connectivity index (χ1v) is 11.1. The Kier molecular flexibility index (Phi) is 6.61. The van der Waals surface area contributed by atoms with Gasteiger partial charge in [0.15, 0.2) is 0 Å². The standard InChI is InChI=1S/C22H23N3O6S/c1-2-31-20(27)14-24-12-15(16-5-3-4-6-17(16)24)11-18-21(28)25(22(29)32-18)13-19(26)23-7-9-30-10-8-23/h3-6,11-12H,2,7-10,13-14H2,1H3/b18-11-. The molecule has 3 amide bonds. The lowest BCUT2D eigenvalue weighted by Crippen LogP contribution is -2.46. The van der Waals surface area contributed by atoms with Crippen LogP contribution in [0.3, 0.4) is 0 Å². The van der Waals surface area contributed by atoms with Crippen molar-refractivity contribution in [1.82, 2.24) is 14.4 Å². The zero-order valence-corrected chi connectivity index (χ0v) is 18.4. The number of amides is 3. The maximum atomic E-state index is 12.9. The van der Waals surface area contributed by atoms with Gasteiger partial charge in [-0.1, -0.05) is 18.2 Å². The zero-order valence-electron chi connectivity index (χ0n) is 17.6. The van der Waals surface area contributed by atoms with Gasteiger partial charge in [-0.15, -0.1) is 0 Å². The maximum Gasteiger partial charge on any atom is 0.325 e. The second-order valence-electron chi connectivity index (χ2n) is 7.30. The van der Waals surface area contributed by atoms with Gasteiger partial charge in [-0.3, -0.25) is 24.1 Å². The number of ether oxygens (including phenoxy) is 2. The van der Waals surface area contributed by atoms with Crippen LogP contribution in [0.1, 0.15) is 12.5 Å². The SMILES string of the molecule is CCOC(=O)Cn1cc(/C=C2\SC(=O)N(CC(=O)N3CCOCC3)C2=O)c2ccccc21. The zero-order chi connectivity index (χ0) is 22.7. The Hall–Kier alpha value is -3.11. The average molecular weight is 458 g/mol. The van der Waals surface area contributed by atoms with Gasteiger partial charge in [0.05, 0.1) is 24.7 Å². The number of esters is 1. The number of morpholine rings is 1. The summed E-state index contributed by atoms with van der Waals surface area (Å²) in [5.74, 6) is -1.13. The molecule has 1 aromatic heterocycles. The van der Waals surface area contributed by atoms with E-state index in [0.29, 0.717) is 38.5 Å². The van der Waals surface area contributed by atoms with Crippen LogP contribution in [0.4, 0.5) is 4.79 Å². The van der Waals surface area contributed by atoms with Crippen molar-refractivity contribution in [3.8, 4) is 0 Å². The van der Waals surface area contributed by atoms with Crippen molar-refractivity contribution in [2.75, 3.05) is 39.5 Å². The molecule has 168 valence electrons. The quantitative estimate of drug-likeness (QED) is 0.484. The van der Waals surface area contributed by atoms with Gasteiger partial charge in [-0.2, -0.15) is 0 Å². The summed E-state index contributed by atoms with van der Waals surface area (Å²) in [5, 5.41) is 0.367. The number of carbonyl (C=O) groups is 4. The lowest BCUT2D eigenvalue weighted by Gasteiger charge is -2.28. The fourth-order valence-electron chi connectivity index (χ4n) is 3.69. The van der Waals surface area contributed by atoms with E-state index < -0.39 is 11.1 Å². The number of benzene rings is 1. The molecule has 0 radical (unpaired) electrons. The van der Waals surface area contributed by atoms with E-state index in [2.05, 4.69) is 0 Å². The highest BCUT2D eigenvalue weighted by Crippen LogP contribution is 2.34. The second-order valence-corrected chi connectivity index (χ2v) is 8.29. The van der Waals surface area contributed by atoms with Crippen LogP contribution in [-0.4, -0.2) is 76.8 Å². The summed E-state index contributed by atoms with van der Waals surface area (Å²) in [4.78, 5) is 52.6. The van der Waals surface area contributed by atoms with E-state index in [1.54, 1.807) is 28.7 Å². The first kappa shape index (κ1) is 22.1. The van der Waals surface area contributed by atoms with Crippen LogP contribution < -0.4 is 0 Å². The predicted octanol–water partition coefficient (Wildman–Crippen LogP) is 2.10. The number of rotatable bonds is 6. The number of carbonyl (C=O) groups excluding carboxylic acids is 4. The van der Waals surface area contributed by atoms with Crippen LogP contribution in [0.25, 0.3) is 17.0 Å². The minimum atomic E-state index is -0.496. The normalized spacial score (nSPS) is 18.1. The van der Waals surface area contributed by atoms with Crippen molar-refractivity contribution in [3.05, 3.63) is 40.9 Å². The number of para-hydroxylation sites is 1. The highest BCUT2D eigenvalue weighted by Gasteiger charge is 2.37. The Morgan fingerprint density at radius 3 is 2.66 bits per heavy atom. The molecule has 0 saturated carbocycles.